The molecule has 296 valence electrons. The summed E-state index contributed by atoms with van der Waals surface area (Å²) >= 11 is 0. The highest BCUT2D eigenvalue weighted by atomic mass is 28.4. The topological polar surface area (TPSA) is 80.6 Å². The molecule has 0 aliphatic heterocycles. The Hall–Kier alpha value is -4.15. The quantitative estimate of drug-likeness (QED) is 0.162. The molecule has 4 aromatic carbocycles. The van der Waals surface area contributed by atoms with Gasteiger partial charge in [0.2, 0.25) is 0 Å². The fraction of sp³-hybridized carbons (Fsp3) is 0.422. The number of ether oxygens (including phenoxy) is 1. The van der Waals surface area contributed by atoms with Crippen LogP contribution in [0.15, 0.2) is 84.9 Å². The van der Waals surface area contributed by atoms with Crippen LogP contribution in [0.25, 0.3) is 22.3 Å². The predicted molar refractivity (Wildman–Crippen MR) is 225 cm³/mol. The van der Waals surface area contributed by atoms with E-state index in [1.165, 1.54) is 24.3 Å². The van der Waals surface area contributed by atoms with Gasteiger partial charge in [-0.15, -0.1) is 0 Å². The summed E-state index contributed by atoms with van der Waals surface area (Å²) < 4.78 is 45.8. The number of rotatable bonds is 10. The molecule has 0 unspecified atom stereocenters. The molecule has 1 amide bonds. The van der Waals surface area contributed by atoms with Gasteiger partial charge in [-0.2, -0.15) is 5.26 Å². The van der Waals surface area contributed by atoms with Crippen LogP contribution in [0, 0.1) is 23.0 Å². The molecule has 6 nitrogen and oxygen atoms in total. The van der Waals surface area contributed by atoms with E-state index in [2.05, 4.69) is 73.0 Å². The summed E-state index contributed by atoms with van der Waals surface area (Å²) in [5.74, 6) is -0.742. The van der Waals surface area contributed by atoms with Crippen molar-refractivity contribution in [1.29, 1.82) is 5.26 Å². The molecule has 1 N–H and O–H groups in total. The SMILES string of the molecule is CC(C)(C)OC(=O)NCc1cc(F)cc(-c2cccc(CO[Si](C)(C)C(C)(C)C)c2)c1.CC(C)(C)[Si](C)(C)OCc1cccc(-c2cc(F)cc(C#N)c2)c1. The predicted octanol–water partition coefficient (Wildman–Crippen LogP) is 12.9. The van der Waals surface area contributed by atoms with Crippen molar-refractivity contribution in [2.75, 3.05) is 0 Å². The van der Waals surface area contributed by atoms with Crippen LogP contribution in [0.3, 0.4) is 0 Å². The lowest BCUT2D eigenvalue weighted by Crippen LogP contribution is -2.40. The second kappa shape index (κ2) is 18.2. The minimum Gasteiger partial charge on any atom is -0.444 e. The number of nitrogens with one attached hydrogen (secondary N) is 1. The highest BCUT2D eigenvalue weighted by Crippen LogP contribution is 2.38. The molecule has 0 aliphatic carbocycles. The average molecular weight is 787 g/mol. The standard InChI is InChI=1S/C25H36FNO3Si.C20H24FNOSi/c1-24(2,3)30-23(28)27-16-19-13-21(15-22(26)14-19)20-11-9-10-18(12-20)17-29-31(7,8)25(4,5)6;1-20(2,3)24(4,5)23-14-15-7-6-8-17(9-15)18-10-16(13-22)11-19(21)12-18/h9-15H,16-17H2,1-8H3,(H,27,28);6-12H,14H2,1-5H3. The lowest BCUT2D eigenvalue weighted by molar-refractivity contribution is 0.0523. The van der Waals surface area contributed by atoms with Crippen LogP contribution in [-0.4, -0.2) is 28.3 Å². The van der Waals surface area contributed by atoms with Gasteiger partial charge in [0.1, 0.15) is 17.2 Å². The van der Waals surface area contributed by atoms with Crippen molar-refractivity contribution in [3.63, 3.8) is 0 Å². The summed E-state index contributed by atoms with van der Waals surface area (Å²) in [6, 6.07) is 27.1. The Balaban J connectivity index is 0.000000305. The zero-order valence-corrected chi connectivity index (χ0v) is 37.0. The number of nitrogens with zero attached hydrogens (tertiary/aromatic N) is 1. The molecular formula is C45H60F2N2O4Si2. The number of benzene rings is 4. The Morgan fingerprint density at radius 1 is 0.636 bits per heavy atom. The first-order chi connectivity index (χ1) is 25.3. The first kappa shape index (κ1) is 45.2. The Morgan fingerprint density at radius 2 is 1.07 bits per heavy atom. The number of carbonyl (C=O) groups is 1. The van der Waals surface area contributed by atoms with Gasteiger partial charge in [-0.3, -0.25) is 0 Å². The van der Waals surface area contributed by atoms with E-state index in [0.29, 0.717) is 29.9 Å². The summed E-state index contributed by atoms with van der Waals surface area (Å²) in [6.07, 6.45) is -0.525. The fourth-order valence-electron chi connectivity index (χ4n) is 4.87. The molecule has 4 rings (SSSR count). The van der Waals surface area contributed by atoms with Gasteiger partial charge in [0.15, 0.2) is 16.6 Å². The van der Waals surface area contributed by atoms with Crippen molar-refractivity contribution < 1.29 is 27.2 Å². The Labute approximate surface area is 330 Å². The van der Waals surface area contributed by atoms with E-state index in [1.54, 1.807) is 26.8 Å². The summed E-state index contributed by atoms with van der Waals surface area (Å²) in [6.45, 7) is 28.9. The smallest absolute Gasteiger partial charge is 0.407 e. The van der Waals surface area contributed by atoms with Gasteiger partial charge < -0.3 is 18.9 Å². The Bertz CT molecular complexity index is 1970. The first-order valence-corrected chi connectivity index (χ1v) is 24.5. The average Bonchev–Trinajstić information content (AvgIpc) is 3.07. The molecular weight excluding hydrogens is 727 g/mol. The van der Waals surface area contributed by atoms with E-state index in [4.69, 9.17) is 18.9 Å². The molecule has 0 spiro atoms. The minimum atomic E-state index is -1.85. The molecule has 0 saturated heterocycles. The van der Waals surface area contributed by atoms with Gasteiger partial charge in [-0.1, -0.05) is 77.9 Å². The molecule has 10 heteroatoms. The van der Waals surface area contributed by atoms with Crippen LogP contribution in [0.1, 0.15) is 84.6 Å². The molecule has 55 heavy (non-hydrogen) atoms. The number of alkyl carbamates (subject to hydrolysis) is 1. The number of amides is 1. The van der Waals surface area contributed by atoms with Crippen LogP contribution in [0.5, 0.6) is 0 Å². The normalized spacial score (nSPS) is 12.3. The Morgan fingerprint density at radius 3 is 1.51 bits per heavy atom. The Kier molecular flexibility index (Phi) is 15.0. The largest absolute Gasteiger partial charge is 0.444 e. The monoisotopic (exact) mass is 786 g/mol. The molecule has 0 atom stereocenters. The molecule has 0 fully saturated rings. The van der Waals surface area contributed by atoms with Crippen molar-refractivity contribution in [3.8, 4) is 28.3 Å². The molecule has 0 radical (unpaired) electrons. The van der Waals surface area contributed by atoms with E-state index in [9.17, 15) is 13.6 Å². The summed E-state index contributed by atoms with van der Waals surface area (Å²) in [7, 11) is -3.66. The number of nitriles is 1. The summed E-state index contributed by atoms with van der Waals surface area (Å²) in [4.78, 5) is 11.9. The van der Waals surface area contributed by atoms with Crippen LogP contribution in [0.4, 0.5) is 13.6 Å². The van der Waals surface area contributed by atoms with Crippen molar-refractivity contribution in [2.24, 2.45) is 0 Å². The van der Waals surface area contributed by atoms with E-state index in [1.807, 2.05) is 60.7 Å². The highest BCUT2D eigenvalue weighted by Gasteiger charge is 2.38. The molecule has 0 aromatic heterocycles. The van der Waals surface area contributed by atoms with E-state index >= 15 is 0 Å². The second-order valence-corrected chi connectivity index (χ2v) is 27.7. The van der Waals surface area contributed by atoms with Crippen molar-refractivity contribution >= 4 is 22.7 Å². The maximum atomic E-state index is 14.3. The fourth-order valence-corrected chi connectivity index (χ4v) is 6.79. The molecule has 0 bridgehead atoms. The van der Waals surface area contributed by atoms with Crippen molar-refractivity contribution in [3.05, 3.63) is 119 Å². The molecule has 0 saturated carbocycles. The van der Waals surface area contributed by atoms with Crippen molar-refractivity contribution in [1.82, 2.24) is 5.32 Å². The third-order valence-corrected chi connectivity index (χ3v) is 19.1. The number of hydrogen-bond acceptors (Lipinski definition) is 5. The van der Waals surface area contributed by atoms with E-state index in [-0.39, 0.29) is 22.4 Å². The molecule has 0 aliphatic rings. The number of halogens is 2. The third-order valence-electron chi connectivity index (χ3n) is 10.2. The third kappa shape index (κ3) is 14.1. The van der Waals surface area contributed by atoms with Crippen LogP contribution in [-0.2, 0) is 33.3 Å². The van der Waals surface area contributed by atoms with E-state index < -0.39 is 34.1 Å². The zero-order valence-electron chi connectivity index (χ0n) is 35.0. The van der Waals surface area contributed by atoms with Gasteiger partial charge in [0.05, 0.1) is 24.8 Å². The highest BCUT2D eigenvalue weighted by molar-refractivity contribution is 6.74. The maximum absolute atomic E-state index is 14.3. The van der Waals surface area contributed by atoms with Gasteiger partial charge in [0.25, 0.3) is 0 Å². The minimum absolute atomic E-state index is 0.142. The lowest BCUT2D eigenvalue weighted by Gasteiger charge is -2.36. The summed E-state index contributed by atoms with van der Waals surface area (Å²) in [5, 5.41) is 12.0. The molecule has 4 aromatic rings. The van der Waals surface area contributed by atoms with Gasteiger partial charge in [-0.05, 0) is 145 Å². The second-order valence-electron chi connectivity index (χ2n) is 18.0. The van der Waals surface area contributed by atoms with Gasteiger partial charge in [-0.25, -0.2) is 13.6 Å². The van der Waals surface area contributed by atoms with Crippen LogP contribution >= 0.6 is 0 Å². The number of hydrogen-bond donors (Lipinski definition) is 1. The van der Waals surface area contributed by atoms with Crippen molar-refractivity contribution in [2.45, 2.75) is 124 Å². The lowest BCUT2D eigenvalue weighted by atomic mass is 10.0. The molecule has 0 heterocycles. The number of carbonyl (C=O) groups excluding carboxylic acids is 1. The maximum Gasteiger partial charge on any atom is 0.407 e. The van der Waals surface area contributed by atoms with Crippen LogP contribution in [0.2, 0.25) is 36.3 Å². The summed E-state index contributed by atoms with van der Waals surface area (Å²) in [5.41, 5.74) is 5.80. The van der Waals surface area contributed by atoms with Gasteiger partial charge in [0, 0.05) is 6.54 Å². The first-order valence-electron chi connectivity index (χ1n) is 18.7. The zero-order chi connectivity index (χ0) is 41.4. The van der Waals surface area contributed by atoms with Gasteiger partial charge >= 0.3 is 6.09 Å². The van der Waals surface area contributed by atoms with Crippen LogP contribution < -0.4 is 5.32 Å². The van der Waals surface area contributed by atoms with E-state index in [0.717, 1.165) is 27.8 Å².